The Morgan fingerprint density at radius 3 is 3.06 bits per heavy atom. The zero-order valence-electron chi connectivity index (χ0n) is 9.28. The predicted octanol–water partition coefficient (Wildman–Crippen LogP) is 2.53. The molecule has 2 N–H and O–H groups in total. The average Bonchev–Trinajstić information content (AvgIpc) is 2.78. The predicted molar refractivity (Wildman–Crippen MR) is 70.9 cm³/mol. The fraction of sp³-hybridized carbons (Fsp3) is 0.417. The SMILES string of the molecule is O=C(NCC1CCSC1)c1ccc(Cl)cc1O. The number of nitrogens with one attached hydrogen (secondary N) is 1. The second kappa shape index (κ2) is 5.65. The maximum atomic E-state index is 11.8. The summed E-state index contributed by atoms with van der Waals surface area (Å²) < 4.78 is 0. The lowest BCUT2D eigenvalue weighted by atomic mass is 10.1. The van der Waals surface area contributed by atoms with Gasteiger partial charge in [-0.25, -0.2) is 0 Å². The fourth-order valence-electron chi connectivity index (χ4n) is 1.77. The van der Waals surface area contributed by atoms with Gasteiger partial charge in [-0.05, 0) is 42.0 Å². The molecule has 1 aliphatic heterocycles. The number of phenolic OH excluding ortho intramolecular Hbond substituents is 1. The molecule has 0 radical (unpaired) electrons. The second-order valence-electron chi connectivity index (χ2n) is 4.10. The van der Waals surface area contributed by atoms with Crippen LogP contribution in [0, 0.1) is 5.92 Å². The molecule has 1 aromatic rings. The van der Waals surface area contributed by atoms with Crippen LogP contribution in [0.3, 0.4) is 0 Å². The zero-order chi connectivity index (χ0) is 12.3. The normalized spacial score (nSPS) is 19.2. The van der Waals surface area contributed by atoms with Crippen molar-refractivity contribution in [2.45, 2.75) is 6.42 Å². The maximum absolute atomic E-state index is 11.8. The molecule has 0 aliphatic carbocycles. The molecule has 2 rings (SSSR count). The minimum Gasteiger partial charge on any atom is -0.507 e. The number of rotatable bonds is 3. The van der Waals surface area contributed by atoms with E-state index in [4.69, 9.17) is 11.6 Å². The molecular formula is C12H14ClNO2S. The van der Waals surface area contributed by atoms with Gasteiger partial charge in [-0.2, -0.15) is 11.8 Å². The summed E-state index contributed by atoms with van der Waals surface area (Å²) in [7, 11) is 0. The van der Waals surface area contributed by atoms with E-state index in [1.54, 1.807) is 6.07 Å². The van der Waals surface area contributed by atoms with Crippen molar-refractivity contribution in [3.8, 4) is 5.75 Å². The first kappa shape index (κ1) is 12.6. The van der Waals surface area contributed by atoms with Crippen molar-refractivity contribution in [2.24, 2.45) is 5.92 Å². The van der Waals surface area contributed by atoms with E-state index in [2.05, 4.69) is 5.32 Å². The van der Waals surface area contributed by atoms with E-state index < -0.39 is 0 Å². The van der Waals surface area contributed by atoms with Crippen LogP contribution in [0.15, 0.2) is 18.2 Å². The Balaban J connectivity index is 1.94. The van der Waals surface area contributed by atoms with Crippen LogP contribution in [0.5, 0.6) is 5.75 Å². The first-order chi connectivity index (χ1) is 8.16. The highest BCUT2D eigenvalue weighted by atomic mass is 35.5. The molecule has 1 aromatic carbocycles. The largest absolute Gasteiger partial charge is 0.507 e. The Hall–Kier alpha value is -0.870. The van der Waals surface area contributed by atoms with E-state index in [0.717, 1.165) is 12.2 Å². The van der Waals surface area contributed by atoms with E-state index in [1.807, 2.05) is 11.8 Å². The van der Waals surface area contributed by atoms with E-state index in [-0.39, 0.29) is 17.2 Å². The molecule has 3 nitrogen and oxygen atoms in total. The standard InChI is InChI=1S/C12H14ClNO2S/c13-9-1-2-10(11(15)5-9)12(16)14-6-8-3-4-17-7-8/h1-2,5,8,15H,3-4,6-7H2,(H,14,16). The molecule has 17 heavy (non-hydrogen) atoms. The Morgan fingerprint density at radius 1 is 1.59 bits per heavy atom. The number of halogens is 1. The Morgan fingerprint density at radius 2 is 2.41 bits per heavy atom. The summed E-state index contributed by atoms with van der Waals surface area (Å²) in [5.41, 5.74) is 0.278. The van der Waals surface area contributed by atoms with E-state index in [9.17, 15) is 9.90 Å². The number of benzene rings is 1. The summed E-state index contributed by atoms with van der Waals surface area (Å²) in [5, 5.41) is 12.9. The molecule has 1 atom stereocenters. The Kier molecular flexibility index (Phi) is 4.18. The van der Waals surface area contributed by atoms with Crippen molar-refractivity contribution in [2.75, 3.05) is 18.1 Å². The third kappa shape index (κ3) is 3.30. The summed E-state index contributed by atoms with van der Waals surface area (Å²) in [6.45, 7) is 0.675. The summed E-state index contributed by atoms with van der Waals surface area (Å²) in [4.78, 5) is 11.8. The molecular weight excluding hydrogens is 258 g/mol. The molecule has 5 heteroatoms. The molecule has 1 saturated heterocycles. The lowest BCUT2D eigenvalue weighted by Gasteiger charge is -2.10. The second-order valence-corrected chi connectivity index (χ2v) is 5.69. The number of amides is 1. The van der Waals surface area contributed by atoms with E-state index in [0.29, 0.717) is 17.5 Å². The zero-order valence-corrected chi connectivity index (χ0v) is 10.9. The van der Waals surface area contributed by atoms with Crippen LogP contribution in [-0.2, 0) is 0 Å². The van der Waals surface area contributed by atoms with Crippen molar-refractivity contribution in [3.63, 3.8) is 0 Å². The molecule has 0 saturated carbocycles. The van der Waals surface area contributed by atoms with Gasteiger partial charge in [0.15, 0.2) is 0 Å². The highest BCUT2D eigenvalue weighted by Crippen LogP contribution is 2.24. The molecule has 0 spiro atoms. The van der Waals surface area contributed by atoms with Crippen molar-refractivity contribution >= 4 is 29.3 Å². The van der Waals surface area contributed by atoms with Crippen molar-refractivity contribution < 1.29 is 9.90 Å². The highest BCUT2D eigenvalue weighted by Gasteiger charge is 2.17. The first-order valence-corrected chi connectivity index (χ1v) is 7.04. The van der Waals surface area contributed by atoms with Gasteiger partial charge in [0.05, 0.1) is 5.56 Å². The third-order valence-electron chi connectivity index (χ3n) is 2.78. The van der Waals surface area contributed by atoms with Gasteiger partial charge in [0.25, 0.3) is 5.91 Å². The summed E-state index contributed by atoms with van der Waals surface area (Å²) in [6, 6.07) is 4.51. The number of carbonyl (C=O) groups is 1. The fourth-order valence-corrected chi connectivity index (χ4v) is 3.22. The number of carbonyl (C=O) groups excluding carboxylic acids is 1. The number of thioether (sulfide) groups is 1. The molecule has 1 aliphatic rings. The third-order valence-corrected chi connectivity index (χ3v) is 4.25. The minimum absolute atomic E-state index is 0.0733. The summed E-state index contributed by atoms with van der Waals surface area (Å²) in [6.07, 6.45) is 1.15. The number of hydrogen-bond acceptors (Lipinski definition) is 3. The van der Waals surface area contributed by atoms with Gasteiger partial charge >= 0.3 is 0 Å². The Bertz CT molecular complexity index is 419. The number of phenols is 1. The minimum atomic E-state index is -0.240. The number of aromatic hydroxyl groups is 1. The van der Waals surface area contributed by atoms with Crippen molar-refractivity contribution in [1.29, 1.82) is 0 Å². The molecule has 1 amide bonds. The quantitative estimate of drug-likeness (QED) is 0.888. The lowest BCUT2D eigenvalue weighted by molar-refractivity contribution is 0.0946. The lowest BCUT2D eigenvalue weighted by Crippen LogP contribution is -2.29. The molecule has 0 aromatic heterocycles. The van der Waals surface area contributed by atoms with Crippen LogP contribution in [0.25, 0.3) is 0 Å². The van der Waals surface area contributed by atoms with Crippen molar-refractivity contribution in [3.05, 3.63) is 28.8 Å². The highest BCUT2D eigenvalue weighted by molar-refractivity contribution is 7.99. The van der Waals surface area contributed by atoms with Crippen LogP contribution in [0.2, 0.25) is 5.02 Å². The van der Waals surface area contributed by atoms with Gasteiger partial charge in [0.2, 0.25) is 0 Å². The summed E-state index contributed by atoms with van der Waals surface area (Å²) in [5.74, 6) is 2.52. The Labute approximate surface area is 110 Å². The van der Waals surface area contributed by atoms with Gasteiger partial charge in [0, 0.05) is 11.6 Å². The molecule has 1 heterocycles. The molecule has 0 bridgehead atoms. The first-order valence-electron chi connectivity index (χ1n) is 5.51. The van der Waals surface area contributed by atoms with Gasteiger partial charge < -0.3 is 10.4 Å². The van der Waals surface area contributed by atoms with Crippen LogP contribution in [0.1, 0.15) is 16.8 Å². The molecule has 1 fully saturated rings. The smallest absolute Gasteiger partial charge is 0.255 e. The number of hydrogen-bond donors (Lipinski definition) is 2. The van der Waals surface area contributed by atoms with Gasteiger partial charge in [0.1, 0.15) is 5.75 Å². The summed E-state index contributed by atoms with van der Waals surface area (Å²) >= 11 is 7.62. The molecule has 92 valence electrons. The molecule has 1 unspecified atom stereocenters. The maximum Gasteiger partial charge on any atom is 0.255 e. The van der Waals surface area contributed by atoms with Crippen molar-refractivity contribution in [1.82, 2.24) is 5.32 Å². The van der Waals surface area contributed by atoms with E-state index in [1.165, 1.54) is 17.9 Å². The van der Waals surface area contributed by atoms with Crippen LogP contribution in [-0.4, -0.2) is 29.1 Å². The van der Waals surface area contributed by atoms with E-state index >= 15 is 0 Å². The average molecular weight is 272 g/mol. The van der Waals surface area contributed by atoms with Crippen LogP contribution in [0.4, 0.5) is 0 Å². The van der Waals surface area contributed by atoms with Crippen LogP contribution < -0.4 is 5.32 Å². The topological polar surface area (TPSA) is 49.3 Å². The van der Waals surface area contributed by atoms with Crippen LogP contribution >= 0.6 is 23.4 Å². The van der Waals surface area contributed by atoms with Gasteiger partial charge in [-0.15, -0.1) is 0 Å². The monoisotopic (exact) mass is 271 g/mol. The van der Waals surface area contributed by atoms with Gasteiger partial charge in [-0.3, -0.25) is 4.79 Å². The van der Waals surface area contributed by atoms with Gasteiger partial charge in [-0.1, -0.05) is 11.6 Å².